The second-order valence-corrected chi connectivity index (χ2v) is 4.31. The molecule has 2 N–H and O–H groups in total. The predicted octanol–water partition coefficient (Wildman–Crippen LogP) is 3.77. The first-order valence-corrected chi connectivity index (χ1v) is 6.30. The summed E-state index contributed by atoms with van der Waals surface area (Å²) in [5.74, 6) is 0.910. The zero-order chi connectivity index (χ0) is 13.0. The van der Waals surface area contributed by atoms with Crippen molar-refractivity contribution in [3.63, 3.8) is 0 Å². The highest BCUT2D eigenvalue weighted by Gasteiger charge is 2.11. The minimum Gasteiger partial charge on any atom is -0.493 e. The van der Waals surface area contributed by atoms with Crippen LogP contribution in [0.3, 0.4) is 0 Å². The lowest BCUT2D eigenvalue weighted by Gasteiger charge is -2.15. The van der Waals surface area contributed by atoms with Crippen LogP contribution in [0.4, 0.5) is 0 Å². The van der Waals surface area contributed by atoms with E-state index in [2.05, 4.69) is 18.2 Å². The van der Waals surface area contributed by atoms with Crippen LogP contribution < -0.4 is 10.5 Å². The van der Waals surface area contributed by atoms with Gasteiger partial charge in [0.15, 0.2) is 0 Å². The number of benzene rings is 2. The van der Waals surface area contributed by atoms with Crippen molar-refractivity contribution in [3.8, 4) is 16.9 Å². The van der Waals surface area contributed by atoms with Gasteiger partial charge in [0, 0.05) is 11.6 Å². The van der Waals surface area contributed by atoms with Crippen molar-refractivity contribution in [2.75, 3.05) is 6.61 Å². The smallest absolute Gasteiger partial charge is 0.127 e. The van der Waals surface area contributed by atoms with E-state index in [-0.39, 0.29) is 6.04 Å². The molecule has 0 aliphatic rings. The molecule has 2 nitrogen and oxygen atoms in total. The van der Waals surface area contributed by atoms with Gasteiger partial charge in [0.2, 0.25) is 0 Å². The zero-order valence-corrected chi connectivity index (χ0v) is 10.9. The third-order valence-corrected chi connectivity index (χ3v) is 2.93. The quantitative estimate of drug-likeness (QED) is 0.884. The predicted molar refractivity (Wildman–Crippen MR) is 75.6 cm³/mol. The SMILES string of the molecule is CCOc1ccccc1-c1ccccc1C(C)N. The molecule has 0 aliphatic heterocycles. The first kappa shape index (κ1) is 12.7. The van der Waals surface area contributed by atoms with Gasteiger partial charge in [-0.1, -0.05) is 42.5 Å². The van der Waals surface area contributed by atoms with Crippen LogP contribution >= 0.6 is 0 Å². The number of para-hydroxylation sites is 1. The van der Waals surface area contributed by atoms with E-state index in [1.807, 2.05) is 44.2 Å². The Balaban J connectivity index is 2.55. The summed E-state index contributed by atoms with van der Waals surface area (Å²) >= 11 is 0. The summed E-state index contributed by atoms with van der Waals surface area (Å²) in [5, 5.41) is 0. The summed E-state index contributed by atoms with van der Waals surface area (Å²) in [5.41, 5.74) is 9.43. The molecular formula is C16H19NO. The van der Waals surface area contributed by atoms with Crippen LogP contribution in [-0.4, -0.2) is 6.61 Å². The minimum atomic E-state index is 0.0101. The lowest BCUT2D eigenvalue weighted by Crippen LogP contribution is -2.07. The number of hydrogen-bond acceptors (Lipinski definition) is 2. The Morgan fingerprint density at radius 2 is 1.61 bits per heavy atom. The monoisotopic (exact) mass is 241 g/mol. The number of rotatable bonds is 4. The molecule has 0 fully saturated rings. The standard InChI is InChI=1S/C16H19NO/c1-3-18-16-11-7-6-10-15(16)14-9-5-4-8-13(14)12(2)17/h4-12H,3,17H2,1-2H3. The van der Waals surface area contributed by atoms with Gasteiger partial charge < -0.3 is 10.5 Å². The van der Waals surface area contributed by atoms with Crippen molar-refractivity contribution in [2.45, 2.75) is 19.9 Å². The molecule has 94 valence electrons. The largest absolute Gasteiger partial charge is 0.493 e. The van der Waals surface area contributed by atoms with E-state index in [0.717, 1.165) is 22.4 Å². The molecule has 1 unspecified atom stereocenters. The fourth-order valence-electron chi connectivity index (χ4n) is 2.11. The molecule has 18 heavy (non-hydrogen) atoms. The molecular weight excluding hydrogens is 222 g/mol. The van der Waals surface area contributed by atoms with Gasteiger partial charge in [0.05, 0.1) is 6.61 Å². The van der Waals surface area contributed by atoms with Crippen molar-refractivity contribution in [3.05, 3.63) is 54.1 Å². The van der Waals surface area contributed by atoms with Crippen LogP contribution in [-0.2, 0) is 0 Å². The maximum absolute atomic E-state index is 6.04. The van der Waals surface area contributed by atoms with Crippen LogP contribution in [0.25, 0.3) is 11.1 Å². The highest BCUT2D eigenvalue weighted by Crippen LogP contribution is 2.34. The Labute approximate surface area is 108 Å². The van der Waals surface area contributed by atoms with Gasteiger partial charge in [-0.2, -0.15) is 0 Å². The molecule has 0 saturated carbocycles. The Morgan fingerprint density at radius 1 is 1.00 bits per heavy atom. The molecule has 0 aliphatic carbocycles. The van der Waals surface area contributed by atoms with E-state index in [1.165, 1.54) is 0 Å². The zero-order valence-electron chi connectivity index (χ0n) is 10.9. The summed E-state index contributed by atoms with van der Waals surface area (Å²) in [4.78, 5) is 0. The summed E-state index contributed by atoms with van der Waals surface area (Å²) in [7, 11) is 0. The molecule has 0 bridgehead atoms. The van der Waals surface area contributed by atoms with E-state index in [1.54, 1.807) is 0 Å². The van der Waals surface area contributed by atoms with E-state index in [9.17, 15) is 0 Å². The van der Waals surface area contributed by atoms with Crippen molar-refractivity contribution >= 4 is 0 Å². The van der Waals surface area contributed by atoms with Gasteiger partial charge in [-0.3, -0.25) is 0 Å². The Kier molecular flexibility index (Phi) is 4.00. The third-order valence-electron chi connectivity index (χ3n) is 2.93. The summed E-state index contributed by atoms with van der Waals surface area (Å²) in [6, 6.07) is 16.3. The highest BCUT2D eigenvalue weighted by atomic mass is 16.5. The lowest BCUT2D eigenvalue weighted by molar-refractivity contribution is 0.341. The molecule has 2 heteroatoms. The van der Waals surface area contributed by atoms with Gasteiger partial charge in [-0.15, -0.1) is 0 Å². The molecule has 2 rings (SSSR count). The van der Waals surface area contributed by atoms with Gasteiger partial charge in [-0.05, 0) is 31.0 Å². The molecule has 2 aromatic carbocycles. The van der Waals surface area contributed by atoms with Crippen molar-refractivity contribution in [1.29, 1.82) is 0 Å². The Bertz CT molecular complexity index is 520. The highest BCUT2D eigenvalue weighted by molar-refractivity contribution is 5.73. The van der Waals surface area contributed by atoms with Crippen LogP contribution in [0.15, 0.2) is 48.5 Å². The first-order chi connectivity index (χ1) is 8.74. The van der Waals surface area contributed by atoms with Crippen molar-refractivity contribution < 1.29 is 4.74 Å². The number of ether oxygens (including phenoxy) is 1. The fraction of sp³-hybridized carbons (Fsp3) is 0.250. The molecule has 0 amide bonds. The topological polar surface area (TPSA) is 35.2 Å². The molecule has 1 atom stereocenters. The Morgan fingerprint density at radius 3 is 2.28 bits per heavy atom. The minimum absolute atomic E-state index is 0.0101. The van der Waals surface area contributed by atoms with Crippen molar-refractivity contribution in [2.24, 2.45) is 5.73 Å². The lowest BCUT2D eigenvalue weighted by atomic mass is 9.95. The molecule has 0 radical (unpaired) electrons. The van der Waals surface area contributed by atoms with Gasteiger partial charge in [-0.25, -0.2) is 0 Å². The van der Waals surface area contributed by atoms with Gasteiger partial charge >= 0.3 is 0 Å². The van der Waals surface area contributed by atoms with E-state index < -0.39 is 0 Å². The van der Waals surface area contributed by atoms with Crippen LogP contribution in [0.5, 0.6) is 5.75 Å². The number of nitrogens with two attached hydrogens (primary N) is 1. The van der Waals surface area contributed by atoms with E-state index >= 15 is 0 Å². The maximum atomic E-state index is 6.04. The summed E-state index contributed by atoms with van der Waals surface area (Å²) in [6.45, 7) is 4.66. The fourth-order valence-corrected chi connectivity index (χ4v) is 2.11. The average molecular weight is 241 g/mol. The van der Waals surface area contributed by atoms with Gasteiger partial charge in [0.1, 0.15) is 5.75 Å². The summed E-state index contributed by atoms with van der Waals surface area (Å²) < 4.78 is 5.69. The first-order valence-electron chi connectivity index (χ1n) is 6.30. The average Bonchev–Trinajstić information content (AvgIpc) is 2.40. The molecule has 0 spiro atoms. The third kappa shape index (κ3) is 2.54. The molecule has 0 aromatic heterocycles. The second-order valence-electron chi connectivity index (χ2n) is 4.31. The van der Waals surface area contributed by atoms with E-state index in [0.29, 0.717) is 6.61 Å². The van der Waals surface area contributed by atoms with Crippen LogP contribution in [0.1, 0.15) is 25.5 Å². The van der Waals surface area contributed by atoms with E-state index in [4.69, 9.17) is 10.5 Å². The molecule has 0 heterocycles. The van der Waals surface area contributed by atoms with Gasteiger partial charge in [0.25, 0.3) is 0 Å². The normalized spacial score (nSPS) is 12.2. The van der Waals surface area contributed by atoms with Crippen molar-refractivity contribution in [1.82, 2.24) is 0 Å². The van der Waals surface area contributed by atoms with Crippen LogP contribution in [0, 0.1) is 0 Å². The molecule has 0 saturated heterocycles. The maximum Gasteiger partial charge on any atom is 0.127 e. The second kappa shape index (κ2) is 5.69. The number of hydrogen-bond donors (Lipinski definition) is 1. The van der Waals surface area contributed by atoms with Crippen LogP contribution in [0.2, 0.25) is 0 Å². The molecule has 2 aromatic rings. The Hall–Kier alpha value is -1.80. The summed E-state index contributed by atoms with van der Waals surface area (Å²) in [6.07, 6.45) is 0.